The second-order valence-electron chi connectivity index (χ2n) is 8.52. The van der Waals surface area contributed by atoms with Crippen LogP contribution in [0, 0.1) is 5.92 Å². The summed E-state index contributed by atoms with van der Waals surface area (Å²) in [6.45, 7) is 1.85. The molecular formula is C24H27N5O3. The van der Waals surface area contributed by atoms with Crippen LogP contribution in [0.3, 0.4) is 0 Å². The van der Waals surface area contributed by atoms with Gasteiger partial charge in [0.05, 0.1) is 36.3 Å². The van der Waals surface area contributed by atoms with Gasteiger partial charge in [-0.2, -0.15) is 0 Å². The Balaban J connectivity index is 1.30. The lowest BCUT2D eigenvalue weighted by Crippen LogP contribution is -2.46. The fourth-order valence-corrected chi connectivity index (χ4v) is 4.86. The van der Waals surface area contributed by atoms with Gasteiger partial charge in [0.25, 0.3) is 5.91 Å². The molecule has 2 fully saturated rings. The Morgan fingerprint density at radius 3 is 2.69 bits per heavy atom. The number of rotatable bonds is 4. The molecule has 0 radical (unpaired) electrons. The van der Waals surface area contributed by atoms with Crippen LogP contribution in [0.1, 0.15) is 47.9 Å². The van der Waals surface area contributed by atoms with Gasteiger partial charge < -0.3 is 19.5 Å². The summed E-state index contributed by atoms with van der Waals surface area (Å²) in [5, 5.41) is 0. The van der Waals surface area contributed by atoms with Gasteiger partial charge in [0, 0.05) is 31.4 Å². The molecule has 4 heterocycles. The van der Waals surface area contributed by atoms with Crippen molar-refractivity contribution < 1.29 is 14.3 Å². The summed E-state index contributed by atoms with van der Waals surface area (Å²) < 4.78 is 5.18. The lowest BCUT2D eigenvalue weighted by Gasteiger charge is -2.35. The third-order valence-electron chi connectivity index (χ3n) is 6.55. The largest absolute Gasteiger partial charge is 0.497 e. The fourth-order valence-electron chi connectivity index (χ4n) is 4.86. The fraction of sp³-hybridized carbons (Fsp3) is 0.417. The van der Waals surface area contributed by atoms with Crippen molar-refractivity contribution >= 4 is 22.8 Å². The summed E-state index contributed by atoms with van der Waals surface area (Å²) in [6.07, 6.45) is 6.95. The van der Waals surface area contributed by atoms with Crippen molar-refractivity contribution in [3.8, 4) is 5.75 Å². The Kier molecular flexibility index (Phi) is 5.51. The molecule has 0 bridgehead atoms. The Hall–Kier alpha value is -3.42. The molecular weight excluding hydrogens is 406 g/mol. The van der Waals surface area contributed by atoms with E-state index in [1.807, 2.05) is 15.9 Å². The first-order valence-electron chi connectivity index (χ1n) is 11.2. The second-order valence-corrected chi connectivity index (χ2v) is 8.52. The molecule has 32 heavy (non-hydrogen) atoms. The van der Waals surface area contributed by atoms with Crippen molar-refractivity contribution in [1.29, 1.82) is 0 Å². The molecule has 3 aromatic rings. The molecule has 8 nitrogen and oxygen atoms in total. The van der Waals surface area contributed by atoms with E-state index in [4.69, 9.17) is 9.72 Å². The van der Waals surface area contributed by atoms with Crippen molar-refractivity contribution in [3.63, 3.8) is 0 Å². The Morgan fingerprint density at radius 1 is 1.09 bits per heavy atom. The number of methoxy groups -OCH3 is 1. The molecule has 166 valence electrons. The van der Waals surface area contributed by atoms with Gasteiger partial charge in [-0.05, 0) is 56.0 Å². The number of aromatic amines is 1. The van der Waals surface area contributed by atoms with Crippen LogP contribution in [0.15, 0.2) is 42.7 Å². The molecule has 0 saturated carbocycles. The molecule has 0 spiro atoms. The molecule has 2 unspecified atom stereocenters. The maximum Gasteiger partial charge on any atom is 0.253 e. The average molecular weight is 434 g/mol. The highest BCUT2D eigenvalue weighted by Gasteiger charge is 2.38. The molecule has 5 rings (SSSR count). The van der Waals surface area contributed by atoms with E-state index in [0.717, 1.165) is 54.8 Å². The molecule has 2 amide bonds. The van der Waals surface area contributed by atoms with Crippen LogP contribution in [0.4, 0.5) is 0 Å². The minimum Gasteiger partial charge on any atom is -0.497 e. The van der Waals surface area contributed by atoms with Gasteiger partial charge >= 0.3 is 0 Å². The van der Waals surface area contributed by atoms with E-state index in [2.05, 4.69) is 9.97 Å². The zero-order valence-corrected chi connectivity index (χ0v) is 18.2. The number of likely N-dealkylation sites (tertiary alicyclic amines) is 2. The summed E-state index contributed by atoms with van der Waals surface area (Å²) in [5.74, 6) is 1.44. The molecule has 8 heteroatoms. The number of hydrogen-bond acceptors (Lipinski definition) is 5. The normalized spacial score (nSPS) is 21.2. The second kappa shape index (κ2) is 8.61. The highest BCUT2D eigenvalue weighted by molar-refractivity contribution is 5.95. The summed E-state index contributed by atoms with van der Waals surface area (Å²) >= 11 is 0. The summed E-state index contributed by atoms with van der Waals surface area (Å²) in [4.78, 5) is 42.5. The van der Waals surface area contributed by atoms with Crippen molar-refractivity contribution in [2.45, 2.75) is 31.7 Å². The number of nitrogens with one attached hydrogen (secondary N) is 1. The van der Waals surface area contributed by atoms with Crippen LogP contribution in [0.2, 0.25) is 0 Å². The predicted molar refractivity (Wildman–Crippen MR) is 119 cm³/mol. The number of H-pyrrole nitrogens is 1. The number of pyridine rings is 1. The van der Waals surface area contributed by atoms with Crippen LogP contribution in [-0.2, 0) is 4.79 Å². The third-order valence-corrected chi connectivity index (χ3v) is 6.55. The number of piperidine rings is 1. The minimum atomic E-state index is -0.183. The number of fused-ring (bicyclic) bond motifs is 1. The number of carbonyl (C=O) groups excluding carboxylic acids is 2. The van der Waals surface area contributed by atoms with Gasteiger partial charge in [-0.15, -0.1) is 0 Å². The highest BCUT2D eigenvalue weighted by Crippen LogP contribution is 2.34. The van der Waals surface area contributed by atoms with Gasteiger partial charge in [0.1, 0.15) is 11.6 Å². The monoisotopic (exact) mass is 433 g/mol. The van der Waals surface area contributed by atoms with E-state index in [1.165, 1.54) is 0 Å². The van der Waals surface area contributed by atoms with E-state index < -0.39 is 0 Å². The van der Waals surface area contributed by atoms with Crippen LogP contribution >= 0.6 is 0 Å². The summed E-state index contributed by atoms with van der Waals surface area (Å²) in [7, 11) is 1.60. The number of ether oxygens (including phenoxy) is 1. The number of hydrogen-bond donors (Lipinski definition) is 1. The number of nitrogens with zero attached hydrogens (tertiary/aromatic N) is 4. The molecule has 2 saturated heterocycles. The molecule has 1 aromatic carbocycles. The summed E-state index contributed by atoms with van der Waals surface area (Å²) in [5.41, 5.74) is 2.37. The van der Waals surface area contributed by atoms with E-state index in [1.54, 1.807) is 43.8 Å². The molecule has 2 atom stereocenters. The number of amides is 2. The van der Waals surface area contributed by atoms with Crippen LogP contribution in [0.25, 0.3) is 11.0 Å². The maximum atomic E-state index is 13.5. The number of carbonyl (C=O) groups is 2. The topological polar surface area (TPSA) is 91.4 Å². The van der Waals surface area contributed by atoms with Crippen LogP contribution < -0.4 is 4.74 Å². The number of aromatic nitrogens is 3. The Bertz CT molecular complexity index is 1090. The SMILES string of the molecule is COc1ccc(C(=O)N2CCCC(C(=O)N3CCCC3c3nc4ccncc4[nH]3)C2)cc1. The van der Waals surface area contributed by atoms with Gasteiger partial charge in [-0.25, -0.2) is 4.98 Å². The lowest BCUT2D eigenvalue weighted by atomic mass is 9.95. The lowest BCUT2D eigenvalue weighted by molar-refractivity contribution is -0.138. The van der Waals surface area contributed by atoms with E-state index in [9.17, 15) is 9.59 Å². The quantitative estimate of drug-likeness (QED) is 0.682. The van der Waals surface area contributed by atoms with Gasteiger partial charge in [-0.1, -0.05) is 0 Å². The van der Waals surface area contributed by atoms with E-state index in [-0.39, 0.29) is 23.8 Å². The van der Waals surface area contributed by atoms with Crippen molar-refractivity contribution in [2.24, 2.45) is 5.92 Å². The van der Waals surface area contributed by atoms with Gasteiger partial charge in [0.15, 0.2) is 0 Å². The molecule has 2 aromatic heterocycles. The molecule has 2 aliphatic heterocycles. The first kappa shape index (κ1) is 20.5. The van der Waals surface area contributed by atoms with E-state index in [0.29, 0.717) is 18.7 Å². The van der Waals surface area contributed by atoms with Gasteiger partial charge in [0.2, 0.25) is 5.91 Å². The van der Waals surface area contributed by atoms with Crippen molar-refractivity contribution in [3.05, 3.63) is 54.1 Å². The zero-order chi connectivity index (χ0) is 22.1. The van der Waals surface area contributed by atoms with Crippen LogP contribution in [-0.4, -0.2) is 63.3 Å². The third kappa shape index (κ3) is 3.81. The standard InChI is InChI=1S/C24H27N5O3/c1-32-18-8-6-16(7-9-18)23(30)28-12-2-4-17(15-28)24(31)29-13-3-5-21(29)22-26-19-10-11-25-14-20(19)27-22/h6-11,14,17,21H,2-5,12-13,15H2,1H3,(H,26,27). The highest BCUT2D eigenvalue weighted by atomic mass is 16.5. The van der Waals surface area contributed by atoms with Gasteiger partial charge in [-0.3, -0.25) is 14.6 Å². The van der Waals surface area contributed by atoms with Crippen LogP contribution in [0.5, 0.6) is 5.75 Å². The number of benzene rings is 1. The predicted octanol–water partition coefficient (Wildman–Crippen LogP) is 3.18. The van der Waals surface area contributed by atoms with Crippen molar-refractivity contribution in [2.75, 3.05) is 26.7 Å². The molecule has 2 aliphatic rings. The average Bonchev–Trinajstić information content (AvgIpc) is 3.50. The van der Waals surface area contributed by atoms with E-state index >= 15 is 0 Å². The first-order chi connectivity index (χ1) is 15.6. The Labute approximate surface area is 186 Å². The zero-order valence-electron chi connectivity index (χ0n) is 18.2. The maximum absolute atomic E-state index is 13.5. The Morgan fingerprint density at radius 2 is 1.91 bits per heavy atom. The number of imidazole rings is 1. The molecule has 1 N–H and O–H groups in total. The smallest absolute Gasteiger partial charge is 0.253 e. The minimum absolute atomic E-state index is 0.0343. The first-order valence-corrected chi connectivity index (χ1v) is 11.2. The molecule has 0 aliphatic carbocycles. The van der Waals surface area contributed by atoms with Crippen molar-refractivity contribution in [1.82, 2.24) is 24.8 Å². The summed E-state index contributed by atoms with van der Waals surface area (Å²) in [6, 6.07) is 8.96.